The number of halogens is 1. The van der Waals surface area contributed by atoms with Crippen molar-refractivity contribution in [1.29, 1.82) is 0 Å². The highest BCUT2D eigenvalue weighted by Crippen LogP contribution is 2.35. The summed E-state index contributed by atoms with van der Waals surface area (Å²) in [7, 11) is 1.90. The van der Waals surface area contributed by atoms with Crippen LogP contribution in [-0.4, -0.2) is 10.2 Å². The van der Waals surface area contributed by atoms with Gasteiger partial charge in [-0.2, -0.15) is 0 Å². The maximum atomic E-state index is 4.18. The minimum absolute atomic E-state index is 0.592. The Bertz CT molecular complexity index is 420. The molecular formula is C13H15IS. The molecule has 0 fully saturated rings. The van der Waals surface area contributed by atoms with Gasteiger partial charge in [-0.1, -0.05) is 31.2 Å². The highest BCUT2D eigenvalue weighted by atomic mass is 127. The van der Waals surface area contributed by atoms with E-state index in [9.17, 15) is 0 Å². The molecule has 0 N–H and O–H groups in total. The first-order chi connectivity index (χ1) is 7.22. The fourth-order valence-electron chi connectivity index (χ4n) is 2.13. The van der Waals surface area contributed by atoms with Crippen LogP contribution < -0.4 is 0 Å². The number of hydrogen-bond acceptors (Lipinski definition) is 0. The predicted octanol–water partition coefficient (Wildman–Crippen LogP) is 4.33. The molecule has 1 aliphatic heterocycles. The third-order valence-corrected chi connectivity index (χ3v) is 4.97. The van der Waals surface area contributed by atoms with Gasteiger partial charge in [-0.15, -0.1) is 10.9 Å². The molecule has 15 heavy (non-hydrogen) atoms. The van der Waals surface area contributed by atoms with Crippen LogP contribution in [0.5, 0.6) is 0 Å². The van der Waals surface area contributed by atoms with Crippen molar-refractivity contribution in [1.82, 2.24) is 0 Å². The van der Waals surface area contributed by atoms with Crippen LogP contribution in [0.3, 0.4) is 0 Å². The van der Waals surface area contributed by atoms with E-state index in [1.54, 1.807) is 10.4 Å². The van der Waals surface area contributed by atoms with Gasteiger partial charge in [0.1, 0.15) is 0 Å². The van der Waals surface area contributed by atoms with Crippen LogP contribution in [0.25, 0.3) is 0 Å². The van der Waals surface area contributed by atoms with Gasteiger partial charge in [0.05, 0.1) is 0 Å². The molecule has 0 aromatic rings. The summed E-state index contributed by atoms with van der Waals surface area (Å²) in [5.74, 6) is 0.592. The highest BCUT2D eigenvalue weighted by Gasteiger charge is 2.22. The Morgan fingerprint density at radius 1 is 1.60 bits per heavy atom. The third kappa shape index (κ3) is 2.36. The Hall–Kier alpha value is -0.0900. The molecule has 1 aliphatic carbocycles. The zero-order valence-electron chi connectivity index (χ0n) is 8.92. The van der Waals surface area contributed by atoms with Gasteiger partial charge in [0.15, 0.2) is 0 Å². The lowest BCUT2D eigenvalue weighted by atomic mass is 9.94. The largest absolute Gasteiger partial charge is 0.148 e. The number of hydrogen-bond donors (Lipinski definition) is 0. The quantitative estimate of drug-likeness (QED) is 0.381. The van der Waals surface area contributed by atoms with Gasteiger partial charge >= 0.3 is 0 Å². The van der Waals surface area contributed by atoms with Gasteiger partial charge in [0.25, 0.3) is 0 Å². The van der Waals surface area contributed by atoms with E-state index in [0.29, 0.717) is 5.92 Å². The van der Waals surface area contributed by atoms with E-state index < -0.39 is 0 Å². The lowest BCUT2D eigenvalue weighted by Crippen LogP contribution is -2.13. The van der Waals surface area contributed by atoms with Crippen LogP contribution in [0.2, 0.25) is 0 Å². The summed E-state index contributed by atoms with van der Waals surface area (Å²) < 4.78 is 1.49. The molecule has 0 aromatic carbocycles. The molecule has 0 saturated carbocycles. The zero-order valence-corrected chi connectivity index (χ0v) is 11.9. The molecule has 0 aromatic heterocycles. The van der Waals surface area contributed by atoms with Crippen molar-refractivity contribution >= 4 is 43.8 Å². The summed E-state index contributed by atoms with van der Waals surface area (Å²) in [6.07, 6.45) is 7.85. The summed E-state index contributed by atoms with van der Waals surface area (Å²) in [5, 5.41) is 2.19. The predicted molar refractivity (Wildman–Crippen MR) is 81.0 cm³/mol. The molecule has 2 aliphatic rings. The lowest BCUT2D eigenvalue weighted by Gasteiger charge is -2.16. The van der Waals surface area contributed by atoms with Gasteiger partial charge in [0, 0.05) is 10.8 Å². The first-order valence-electron chi connectivity index (χ1n) is 5.30. The molecule has 0 amide bonds. The fourth-order valence-corrected chi connectivity index (χ4v) is 4.59. The van der Waals surface area contributed by atoms with Crippen LogP contribution in [0.15, 0.2) is 33.5 Å². The Labute approximate surface area is 109 Å². The second kappa shape index (κ2) is 4.83. The molecule has 0 radical (unpaired) electrons. The van der Waals surface area contributed by atoms with Crippen molar-refractivity contribution < 1.29 is 0 Å². The maximum absolute atomic E-state index is 4.18. The van der Waals surface area contributed by atoms with E-state index in [1.165, 1.54) is 9.15 Å². The number of allylic oxidation sites excluding steroid dienone is 5. The van der Waals surface area contributed by atoms with Crippen molar-refractivity contribution in [2.24, 2.45) is 5.92 Å². The molecule has 1 atom stereocenters. The standard InChI is InChI=1S/C13H15IS/c1-3-11-12(14)8-9(2)7-10-5-4-6-15-13(10)11/h4-6,10H,2-3,7-8H2,1H3. The molecule has 0 bridgehead atoms. The summed E-state index contributed by atoms with van der Waals surface area (Å²) in [4.78, 5) is 1.56. The smallest absolute Gasteiger partial charge is 0.0156 e. The van der Waals surface area contributed by atoms with Crippen LogP contribution in [-0.2, 0) is 0 Å². The van der Waals surface area contributed by atoms with E-state index >= 15 is 0 Å². The highest BCUT2D eigenvalue weighted by molar-refractivity contribution is 14.1. The average Bonchev–Trinajstić information content (AvgIpc) is 2.32. The number of fused-ring (bicyclic) bond motifs is 1. The van der Waals surface area contributed by atoms with Crippen LogP contribution >= 0.6 is 33.5 Å². The van der Waals surface area contributed by atoms with Crippen molar-refractivity contribution in [3.05, 3.63) is 33.5 Å². The molecule has 0 saturated heterocycles. The Morgan fingerprint density at radius 2 is 2.40 bits per heavy atom. The second-order valence-electron chi connectivity index (χ2n) is 3.98. The summed E-state index contributed by atoms with van der Waals surface area (Å²) in [6, 6.07) is 0. The van der Waals surface area contributed by atoms with Crippen molar-refractivity contribution in [2.75, 3.05) is 0 Å². The van der Waals surface area contributed by atoms with E-state index in [4.69, 9.17) is 0 Å². The van der Waals surface area contributed by atoms with E-state index in [-0.39, 0.29) is 0 Å². The molecular weight excluding hydrogens is 315 g/mol. The molecule has 2 rings (SSSR count). The van der Waals surface area contributed by atoms with E-state index in [0.717, 1.165) is 19.3 Å². The molecule has 1 unspecified atom stereocenters. The van der Waals surface area contributed by atoms with Gasteiger partial charge < -0.3 is 0 Å². The fraction of sp³-hybridized carbons (Fsp3) is 0.385. The topological polar surface area (TPSA) is 0 Å². The monoisotopic (exact) mass is 330 g/mol. The second-order valence-corrected chi connectivity index (χ2v) is 6.23. The van der Waals surface area contributed by atoms with Crippen LogP contribution in [0, 0.1) is 5.92 Å². The van der Waals surface area contributed by atoms with Crippen LogP contribution in [0.1, 0.15) is 26.2 Å². The van der Waals surface area contributed by atoms with E-state index in [1.807, 2.05) is 10.9 Å². The minimum Gasteiger partial charge on any atom is -0.148 e. The van der Waals surface area contributed by atoms with Crippen LogP contribution in [0.4, 0.5) is 0 Å². The first kappa shape index (κ1) is 11.4. The molecule has 2 heteroatoms. The normalized spacial score (nSPS) is 25.6. The van der Waals surface area contributed by atoms with Gasteiger partial charge in [-0.25, -0.2) is 0 Å². The van der Waals surface area contributed by atoms with Gasteiger partial charge in [-0.3, -0.25) is 0 Å². The number of rotatable bonds is 1. The molecule has 0 spiro atoms. The third-order valence-electron chi connectivity index (χ3n) is 2.85. The average molecular weight is 330 g/mol. The van der Waals surface area contributed by atoms with Crippen molar-refractivity contribution in [3.8, 4) is 0 Å². The Kier molecular flexibility index (Phi) is 3.67. The van der Waals surface area contributed by atoms with Gasteiger partial charge in [0.2, 0.25) is 0 Å². The Balaban J connectivity index is 2.51. The molecule has 80 valence electrons. The summed E-state index contributed by atoms with van der Waals surface area (Å²) in [5.41, 5.74) is 2.93. The van der Waals surface area contributed by atoms with E-state index in [2.05, 4.69) is 53.6 Å². The summed E-state index contributed by atoms with van der Waals surface area (Å²) >= 11 is 2.49. The lowest BCUT2D eigenvalue weighted by molar-refractivity contribution is 0.841. The molecule has 0 nitrogen and oxygen atoms in total. The van der Waals surface area contributed by atoms with Crippen molar-refractivity contribution in [3.63, 3.8) is 0 Å². The SMILES string of the molecule is C=C1CC(I)=C(CC)C2=S=CC=CC2C1. The Morgan fingerprint density at radius 3 is 3.13 bits per heavy atom. The van der Waals surface area contributed by atoms with Crippen molar-refractivity contribution in [2.45, 2.75) is 26.2 Å². The first-order valence-corrected chi connectivity index (χ1v) is 7.26. The maximum Gasteiger partial charge on any atom is 0.0156 e. The molecule has 1 heterocycles. The zero-order chi connectivity index (χ0) is 10.8. The minimum atomic E-state index is 0.592. The summed E-state index contributed by atoms with van der Waals surface area (Å²) in [6.45, 7) is 6.43. The van der Waals surface area contributed by atoms with Gasteiger partial charge in [-0.05, 0) is 56.4 Å².